The van der Waals surface area contributed by atoms with Crippen LogP contribution in [0.25, 0.3) is 0 Å². The van der Waals surface area contributed by atoms with Crippen LogP contribution in [0.1, 0.15) is 25.7 Å². The molecule has 1 saturated carbocycles. The second-order valence-electron chi connectivity index (χ2n) is 3.91. The Morgan fingerprint density at radius 2 is 2.00 bits per heavy atom. The molecule has 0 spiro atoms. The van der Waals surface area contributed by atoms with E-state index in [1.807, 2.05) is 0 Å². The molecule has 0 amide bonds. The first-order chi connectivity index (χ1) is 5.72. The maximum atomic E-state index is 6.16. The molecule has 0 aromatic rings. The molecule has 4 heteroatoms. The van der Waals surface area contributed by atoms with Crippen LogP contribution in [-0.4, -0.2) is 40.9 Å². The zero-order valence-corrected chi connectivity index (χ0v) is 9.65. The largest absolute Gasteiger partial charge is 1.00 e. The number of nitrogens with zero attached hydrogens (tertiary/aromatic N) is 2. The molecule has 0 aromatic heterocycles. The summed E-state index contributed by atoms with van der Waals surface area (Å²) in [6.45, 7) is 0. The van der Waals surface area contributed by atoms with Crippen molar-refractivity contribution in [2.45, 2.75) is 37.8 Å². The zero-order valence-electron chi connectivity index (χ0n) is 8.13. The third-order valence-corrected chi connectivity index (χ3v) is 3.80. The smallest absolute Gasteiger partial charge is 0.345 e. The summed E-state index contributed by atoms with van der Waals surface area (Å²) in [5, 5.41) is 0.923. The van der Waals surface area contributed by atoms with E-state index in [1.54, 1.807) is 0 Å². The van der Waals surface area contributed by atoms with Crippen LogP contribution < -0.4 is 12.4 Å². The van der Waals surface area contributed by atoms with Crippen LogP contribution in [-0.2, 0) is 0 Å². The Bertz CT molecular complexity index is 228. The predicted octanol–water partition coefficient (Wildman–Crippen LogP) is -1.52. The third-order valence-electron chi connectivity index (χ3n) is 3.27. The number of halogens is 2. The average molecular weight is 223 g/mol. The van der Waals surface area contributed by atoms with Gasteiger partial charge in [0, 0.05) is 11.6 Å². The van der Waals surface area contributed by atoms with E-state index in [4.69, 9.17) is 11.6 Å². The van der Waals surface area contributed by atoms with Crippen molar-refractivity contribution in [3.05, 3.63) is 0 Å². The van der Waals surface area contributed by atoms with Gasteiger partial charge in [-0.15, -0.1) is 0 Å². The maximum absolute atomic E-state index is 6.16. The van der Waals surface area contributed by atoms with E-state index in [1.165, 1.54) is 25.7 Å². The van der Waals surface area contributed by atoms with Crippen LogP contribution in [0.4, 0.5) is 0 Å². The highest BCUT2D eigenvalue weighted by atomic mass is 35.5. The second-order valence-corrected chi connectivity index (χ2v) is 4.25. The summed E-state index contributed by atoms with van der Waals surface area (Å²) in [6.07, 6.45) is 5.34. The molecule has 13 heavy (non-hydrogen) atoms. The molecule has 2 atom stereocenters. The molecule has 0 N–H and O–H groups in total. The summed E-state index contributed by atoms with van der Waals surface area (Å²) in [4.78, 5) is 2.23. The molecule has 2 nitrogen and oxygen atoms in total. The van der Waals surface area contributed by atoms with Crippen molar-refractivity contribution in [1.29, 1.82) is 0 Å². The fourth-order valence-electron chi connectivity index (χ4n) is 2.52. The Balaban J connectivity index is 0.000000845. The van der Waals surface area contributed by atoms with Crippen LogP contribution >= 0.6 is 11.6 Å². The summed E-state index contributed by atoms with van der Waals surface area (Å²) >= 11 is 6.16. The lowest BCUT2D eigenvalue weighted by Gasteiger charge is -2.24. The van der Waals surface area contributed by atoms with Gasteiger partial charge in [-0.25, -0.2) is 9.48 Å². The number of fused-ring (bicyclic) bond motifs is 1. The predicted molar refractivity (Wildman–Crippen MR) is 50.9 cm³/mol. The van der Waals surface area contributed by atoms with Crippen molar-refractivity contribution in [1.82, 2.24) is 4.90 Å². The van der Waals surface area contributed by atoms with Gasteiger partial charge < -0.3 is 12.4 Å². The number of likely N-dealkylation sites (N-methyl/N-ethyl adjacent to an activating group) is 2. The highest BCUT2D eigenvalue weighted by molar-refractivity contribution is 6.63. The zero-order chi connectivity index (χ0) is 8.72. The van der Waals surface area contributed by atoms with Crippen molar-refractivity contribution < 1.29 is 17.0 Å². The lowest BCUT2D eigenvalue weighted by molar-refractivity contribution is -0.532. The van der Waals surface area contributed by atoms with Crippen LogP contribution in [0, 0.1) is 0 Å². The Kier molecular flexibility index (Phi) is 3.47. The quantitative estimate of drug-likeness (QED) is 0.357. The molecule has 0 aromatic carbocycles. The molecule has 0 bridgehead atoms. The van der Waals surface area contributed by atoms with E-state index >= 15 is 0 Å². The minimum Gasteiger partial charge on any atom is -1.00 e. The molecule has 0 saturated heterocycles. The van der Waals surface area contributed by atoms with Gasteiger partial charge in [0.2, 0.25) is 0 Å². The van der Waals surface area contributed by atoms with Gasteiger partial charge in [-0.05, 0) is 25.7 Å². The number of amidine groups is 1. The summed E-state index contributed by atoms with van der Waals surface area (Å²) in [7, 11) is 4.21. The highest BCUT2D eigenvalue weighted by Crippen LogP contribution is 2.29. The minimum absolute atomic E-state index is 0. The second kappa shape index (κ2) is 4.05. The first kappa shape index (κ1) is 11.1. The van der Waals surface area contributed by atoms with Crippen molar-refractivity contribution in [2.75, 3.05) is 14.1 Å². The van der Waals surface area contributed by atoms with Crippen molar-refractivity contribution in [2.24, 2.45) is 0 Å². The monoisotopic (exact) mass is 222 g/mol. The summed E-state index contributed by atoms with van der Waals surface area (Å²) in [6, 6.07) is 1.35. The lowest BCUT2D eigenvalue weighted by atomic mass is 9.90. The van der Waals surface area contributed by atoms with Gasteiger partial charge >= 0.3 is 5.29 Å². The van der Waals surface area contributed by atoms with E-state index < -0.39 is 0 Å². The van der Waals surface area contributed by atoms with Crippen LogP contribution in [0.15, 0.2) is 0 Å². The van der Waals surface area contributed by atoms with Gasteiger partial charge in [-0.2, -0.15) is 0 Å². The van der Waals surface area contributed by atoms with Crippen LogP contribution in [0.3, 0.4) is 0 Å². The maximum Gasteiger partial charge on any atom is 0.345 e. The Labute approximate surface area is 91.0 Å². The molecule has 76 valence electrons. The number of hydrogen-bond acceptors (Lipinski definition) is 1. The van der Waals surface area contributed by atoms with Gasteiger partial charge in [0.1, 0.15) is 12.1 Å². The first-order valence-electron chi connectivity index (χ1n) is 4.70. The Hall–Kier alpha value is 0.0500. The highest BCUT2D eigenvalue weighted by Gasteiger charge is 2.44. The molecule has 1 aliphatic heterocycles. The average Bonchev–Trinajstić information content (AvgIpc) is 2.33. The Morgan fingerprint density at radius 3 is 2.62 bits per heavy atom. The van der Waals surface area contributed by atoms with E-state index in [0.717, 1.165) is 5.29 Å². The van der Waals surface area contributed by atoms with Crippen molar-refractivity contribution in [3.8, 4) is 0 Å². The number of rotatable bonds is 0. The van der Waals surface area contributed by atoms with Gasteiger partial charge in [-0.1, -0.05) is 0 Å². The molecule has 1 fully saturated rings. The van der Waals surface area contributed by atoms with Crippen molar-refractivity contribution in [3.63, 3.8) is 0 Å². The summed E-state index contributed by atoms with van der Waals surface area (Å²) < 4.78 is 2.23. The van der Waals surface area contributed by atoms with E-state index in [0.29, 0.717) is 12.1 Å². The molecular formula is C9H16Cl2N2. The van der Waals surface area contributed by atoms with E-state index in [9.17, 15) is 0 Å². The molecule has 1 heterocycles. The molecule has 2 aliphatic rings. The molecule has 0 unspecified atom stereocenters. The van der Waals surface area contributed by atoms with Gasteiger partial charge in [0.25, 0.3) is 0 Å². The summed E-state index contributed by atoms with van der Waals surface area (Å²) in [5.74, 6) is 0. The topological polar surface area (TPSA) is 6.25 Å². The Morgan fingerprint density at radius 1 is 1.38 bits per heavy atom. The molecule has 1 aliphatic carbocycles. The van der Waals surface area contributed by atoms with Crippen molar-refractivity contribution >= 4 is 16.9 Å². The van der Waals surface area contributed by atoms with E-state index in [2.05, 4.69) is 23.6 Å². The van der Waals surface area contributed by atoms with Crippen LogP contribution in [0.2, 0.25) is 0 Å². The van der Waals surface area contributed by atoms with E-state index in [-0.39, 0.29) is 12.4 Å². The molecule has 2 rings (SSSR count). The SMILES string of the molecule is CN1C(Cl)=[N+](C)[C@H]2CCCC[C@@H]21.[Cl-]. The fraction of sp³-hybridized carbons (Fsp3) is 0.889. The fourth-order valence-corrected chi connectivity index (χ4v) is 2.77. The lowest BCUT2D eigenvalue weighted by Crippen LogP contribution is -3.00. The van der Waals surface area contributed by atoms with Gasteiger partial charge in [0.15, 0.2) is 0 Å². The summed E-state index contributed by atoms with van der Waals surface area (Å²) in [5.41, 5.74) is 0. The number of hydrogen-bond donors (Lipinski definition) is 0. The third kappa shape index (κ3) is 1.66. The molecular weight excluding hydrogens is 207 g/mol. The standard InChI is InChI=1S/C9H16ClN2.ClH/c1-11-7-5-3-4-6-8(7)12(2)9(11)10;/h7-8H,3-6H2,1-2H3;1H/q+1;/p-1/t7-,8-;/m0./s1. The van der Waals surface area contributed by atoms with Crippen LogP contribution in [0.5, 0.6) is 0 Å². The first-order valence-corrected chi connectivity index (χ1v) is 5.07. The van der Waals surface area contributed by atoms with Gasteiger partial charge in [-0.3, -0.25) is 0 Å². The molecule has 0 radical (unpaired) electrons. The van der Waals surface area contributed by atoms with Gasteiger partial charge in [0.05, 0.1) is 14.1 Å². The minimum atomic E-state index is 0. The normalized spacial score (nSPS) is 33.0.